The highest BCUT2D eigenvalue weighted by Gasteiger charge is 2.28. The molecule has 1 fully saturated rings. The van der Waals surface area contributed by atoms with Crippen LogP contribution in [0.2, 0.25) is 0 Å². The predicted molar refractivity (Wildman–Crippen MR) is 88.8 cm³/mol. The van der Waals surface area contributed by atoms with Gasteiger partial charge in [0.25, 0.3) is 5.91 Å². The van der Waals surface area contributed by atoms with Crippen molar-refractivity contribution in [2.24, 2.45) is 0 Å². The summed E-state index contributed by atoms with van der Waals surface area (Å²) in [4.78, 5) is 16.4. The van der Waals surface area contributed by atoms with E-state index >= 15 is 0 Å². The second-order valence-corrected chi connectivity index (χ2v) is 7.02. The molecule has 0 aromatic carbocycles. The average molecular weight is 343 g/mol. The lowest BCUT2D eigenvalue weighted by molar-refractivity contribution is 0.0709. The molecule has 7 nitrogen and oxygen atoms in total. The maximum atomic E-state index is 12.8. The van der Waals surface area contributed by atoms with Gasteiger partial charge >= 0.3 is 0 Å². The van der Waals surface area contributed by atoms with Crippen LogP contribution in [0, 0.1) is 6.92 Å². The molecule has 0 spiro atoms. The van der Waals surface area contributed by atoms with E-state index in [1.165, 1.54) is 11.3 Å². The molecule has 0 aliphatic carbocycles. The maximum absolute atomic E-state index is 12.8. The van der Waals surface area contributed by atoms with Crippen molar-refractivity contribution < 1.29 is 9.21 Å². The molecule has 0 unspecified atom stereocenters. The number of thiophene rings is 1. The Morgan fingerprint density at radius 1 is 1.38 bits per heavy atom. The Labute approximate surface area is 142 Å². The molecule has 24 heavy (non-hydrogen) atoms. The fourth-order valence-corrected chi connectivity index (χ4v) is 3.96. The molecule has 0 radical (unpaired) electrons. The minimum Gasteiger partial charge on any atom is -0.461 e. The van der Waals surface area contributed by atoms with Crippen molar-refractivity contribution in [3.63, 3.8) is 0 Å². The van der Waals surface area contributed by atoms with Gasteiger partial charge in [0.1, 0.15) is 11.5 Å². The van der Waals surface area contributed by atoms with Crippen molar-refractivity contribution in [1.82, 2.24) is 25.5 Å². The largest absolute Gasteiger partial charge is 0.461 e. The van der Waals surface area contributed by atoms with Crippen molar-refractivity contribution >= 4 is 17.2 Å². The highest BCUT2D eigenvalue weighted by Crippen LogP contribution is 2.31. The van der Waals surface area contributed by atoms with E-state index in [0.29, 0.717) is 12.4 Å². The second-order valence-electron chi connectivity index (χ2n) is 5.93. The first-order valence-corrected chi connectivity index (χ1v) is 8.71. The van der Waals surface area contributed by atoms with Gasteiger partial charge < -0.3 is 9.32 Å². The van der Waals surface area contributed by atoms with Crippen LogP contribution in [0.4, 0.5) is 0 Å². The first-order chi connectivity index (χ1) is 11.7. The third-order valence-corrected chi connectivity index (χ3v) is 5.32. The third-order valence-electron chi connectivity index (χ3n) is 4.24. The van der Waals surface area contributed by atoms with Gasteiger partial charge in [0, 0.05) is 19.0 Å². The van der Waals surface area contributed by atoms with E-state index in [1.807, 2.05) is 36.1 Å². The zero-order valence-electron chi connectivity index (χ0n) is 13.2. The number of H-pyrrole nitrogens is 1. The van der Waals surface area contributed by atoms with Crippen molar-refractivity contribution in [3.8, 4) is 10.6 Å². The molecule has 8 heteroatoms. The van der Waals surface area contributed by atoms with Crippen molar-refractivity contribution in [1.29, 1.82) is 0 Å². The van der Waals surface area contributed by atoms with Crippen LogP contribution < -0.4 is 0 Å². The van der Waals surface area contributed by atoms with Crippen LogP contribution in [0.5, 0.6) is 0 Å². The van der Waals surface area contributed by atoms with Crippen LogP contribution in [0.15, 0.2) is 28.7 Å². The van der Waals surface area contributed by atoms with E-state index in [1.54, 1.807) is 0 Å². The van der Waals surface area contributed by atoms with Gasteiger partial charge in [-0.2, -0.15) is 5.21 Å². The Morgan fingerprint density at radius 2 is 2.29 bits per heavy atom. The molecule has 1 aliphatic heterocycles. The molecule has 1 atom stereocenters. The van der Waals surface area contributed by atoms with Crippen molar-refractivity contribution in [2.75, 3.05) is 13.1 Å². The monoisotopic (exact) mass is 343 g/mol. The quantitative estimate of drug-likeness (QED) is 0.790. The number of aryl methyl sites for hydroxylation is 1. The van der Waals surface area contributed by atoms with Crippen molar-refractivity contribution in [3.05, 3.63) is 40.7 Å². The van der Waals surface area contributed by atoms with Crippen LogP contribution in [0.1, 0.15) is 40.0 Å². The minimum absolute atomic E-state index is 0.0581. The van der Waals surface area contributed by atoms with E-state index in [4.69, 9.17) is 4.42 Å². The summed E-state index contributed by atoms with van der Waals surface area (Å²) >= 11 is 1.47. The lowest BCUT2D eigenvalue weighted by atomic mass is 9.97. The second kappa shape index (κ2) is 6.20. The number of nitrogens with one attached hydrogen (secondary N) is 1. The van der Waals surface area contributed by atoms with E-state index < -0.39 is 0 Å². The molecule has 0 bridgehead atoms. The van der Waals surface area contributed by atoms with Crippen LogP contribution in [0.25, 0.3) is 10.6 Å². The summed E-state index contributed by atoms with van der Waals surface area (Å²) in [5, 5.41) is 14.2. The maximum Gasteiger partial charge on any atom is 0.263 e. The normalized spacial score (nSPS) is 18.0. The first kappa shape index (κ1) is 15.1. The lowest BCUT2D eigenvalue weighted by Gasteiger charge is -2.30. The van der Waals surface area contributed by atoms with Gasteiger partial charge in [0.2, 0.25) is 0 Å². The predicted octanol–water partition coefficient (Wildman–Crippen LogP) is 2.85. The summed E-state index contributed by atoms with van der Waals surface area (Å²) in [6, 6.07) is 7.67. The first-order valence-electron chi connectivity index (χ1n) is 7.90. The average Bonchev–Trinajstić information content (AvgIpc) is 3.35. The zero-order valence-corrected chi connectivity index (χ0v) is 14.0. The molecule has 4 rings (SSSR count). The van der Waals surface area contributed by atoms with Gasteiger partial charge in [-0.05, 0) is 44.0 Å². The SMILES string of the molecule is Cc1ccc(-c2ccc(C(=O)N3CCC[C@H](c4nn[nH]n4)C3)s2)o1. The smallest absolute Gasteiger partial charge is 0.263 e. The van der Waals surface area contributed by atoms with Gasteiger partial charge in [-0.25, -0.2) is 0 Å². The van der Waals surface area contributed by atoms with E-state index in [9.17, 15) is 4.79 Å². The molecular formula is C16H17N5O2S. The van der Waals surface area contributed by atoms with Crippen LogP contribution >= 0.6 is 11.3 Å². The number of furan rings is 1. The number of hydrogen-bond donors (Lipinski definition) is 1. The summed E-state index contributed by atoms with van der Waals surface area (Å²) in [5.41, 5.74) is 0. The van der Waals surface area contributed by atoms with Gasteiger partial charge in [-0.15, -0.1) is 21.5 Å². The Hall–Kier alpha value is -2.48. The number of nitrogens with zero attached hydrogens (tertiary/aromatic N) is 4. The van der Waals surface area contributed by atoms with E-state index in [2.05, 4.69) is 20.6 Å². The molecule has 124 valence electrons. The lowest BCUT2D eigenvalue weighted by Crippen LogP contribution is -2.39. The van der Waals surface area contributed by atoms with Gasteiger partial charge in [-0.1, -0.05) is 5.21 Å². The number of aromatic nitrogens is 4. The molecule has 1 saturated heterocycles. The Bertz CT molecular complexity index is 838. The number of tetrazole rings is 1. The van der Waals surface area contributed by atoms with Gasteiger partial charge in [0.05, 0.1) is 9.75 Å². The summed E-state index contributed by atoms with van der Waals surface area (Å²) in [6.07, 6.45) is 1.92. The number of carbonyl (C=O) groups is 1. The topological polar surface area (TPSA) is 87.9 Å². The number of hydrogen-bond acceptors (Lipinski definition) is 6. The van der Waals surface area contributed by atoms with Crippen LogP contribution in [-0.4, -0.2) is 44.5 Å². The fraction of sp³-hybridized carbons (Fsp3) is 0.375. The Balaban J connectivity index is 1.50. The Kier molecular flexibility index (Phi) is 3.89. The van der Waals surface area contributed by atoms with Gasteiger partial charge in [0.15, 0.2) is 5.82 Å². The number of piperidine rings is 1. The van der Waals surface area contributed by atoms with E-state index in [-0.39, 0.29) is 11.8 Å². The fourth-order valence-electron chi connectivity index (χ4n) is 3.02. The van der Waals surface area contributed by atoms with Gasteiger partial charge in [-0.3, -0.25) is 4.79 Å². The number of aromatic amines is 1. The summed E-state index contributed by atoms with van der Waals surface area (Å²) in [7, 11) is 0. The van der Waals surface area contributed by atoms with Crippen molar-refractivity contribution in [2.45, 2.75) is 25.7 Å². The summed E-state index contributed by atoms with van der Waals surface area (Å²) < 4.78 is 5.63. The molecule has 3 aromatic heterocycles. The standard InChI is InChI=1S/C16H17N5O2S/c1-10-4-5-12(23-10)13-6-7-14(24-13)16(22)21-8-2-3-11(9-21)15-17-19-20-18-15/h4-7,11H,2-3,8-9H2,1H3,(H,17,18,19,20)/t11-/m0/s1. The number of likely N-dealkylation sites (tertiary alicyclic amines) is 1. The zero-order chi connectivity index (χ0) is 16.5. The van der Waals surface area contributed by atoms with Crippen LogP contribution in [-0.2, 0) is 0 Å². The summed E-state index contributed by atoms with van der Waals surface area (Å²) in [5.74, 6) is 2.56. The summed E-state index contributed by atoms with van der Waals surface area (Å²) in [6.45, 7) is 3.31. The minimum atomic E-state index is 0.0581. The third kappa shape index (κ3) is 2.84. The number of rotatable bonds is 3. The van der Waals surface area contributed by atoms with E-state index in [0.717, 1.165) is 40.7 Å². The van der Waals surface area contributed by atoms with Crippen LogP contribution in [0.3, 0.4) is 0 Å². The molecule has 3 aromatic rings. The Morgan fingerprint density at radius 3 is 3.04 bits per heavy atom. The number of carbonyl (C=O) groups excluding carboxylic acids is 1. The molecule has 1 N–H and O–H groups in total. The molecule has 0 saturated carbocycles. The number of amides is 1. The molecule has 1 amide bonds. The molecular weight excluding hydrogens is 326 g/mol. The highest BCUT2D eigenvalue weighted by molar-refractivity contribution is 7.17. The molecule has 1 aliphatic rings. The molecule has 4 heterocycles. The highest BCUT2D eigenvalue weighted by atomic mass is 32.1.